The Hall–Kier alpha value is -1.26. The SMILES string of the molecule is O=C(NCC1(C(=O)O)CCC1)NC1CCCCCCC1. The summed E-state index contributed by atoms with van der Waals surface area (Å²) in [4.78, 5) is 23.1. The molecular weight excluding hydrogens is 256 g/mol. The number of nitrogens with one attached hydrogen (secondary N) is 2. The van der Waals surface area contributed by atoms with Crippen LogP contribution in [0.5, 0.6) is 0 Å². The van der Waals surface area contributed by atoms with Crippen LogP contribution >= 0.6 is 0 Å². The smallest absolute Gasteiger partial charge is 0.315 e. The molecule has 5 heteroatoms. The van der Waals surface area contributed by atoms with Crippen molar-refractivity contribution in [1.29, 1.82) is 0 Å². The van der Waals surface area contributed by atoms with Gasteiger partial charge in [-0.15, -0.1) is 0 Å². The van der Waals surface area contributed by atoms with Gasteiger partial charge in [0, 0.05) is 12.6 Å². The van der Waals surface area contributed by atoms with E-state index >= 15 is 0 Å². The minimum absolute atomic E-state index is 0.205. The molecule has 0 saturated heterocycles. The molecule has 0 spiro atoms. The van der Waals surface area contributed by atoms with E-state index in [1.807, 2.05) is 0 Å². The van der Waals surface area contributed by atoms with Gasteiger partial charge in [-0.25, -0.2) is 4.79 Å². The predicted octanol–water partition coefficient (Wildman–Crippen LogP) is 2.65. The molecule has 2 saturated carbocycles. The quantitative estimate of drug-likeness (QED) is 0.741. The third kappa shape index (κ3) is 3.87. The number of amides is 2. The number of carboxylic acids is 1. The fourth-order valence-electron chi connectivity index (χ4n) is 3.16. The van der Waals surface area contributed by atoms with Crippen molar-refractivity contribution in [3.63, 3.8) is 0 Å². The van der Waals surface area contributed by atoms with Crippen LogP contribution in [0.2, 0.25) is 0 Å². The van der Waals surface area contributed by atoms with Gasteiger partial charge >= 0.3 is 12.0 Å². The molecule has 0 aromatic heterocycles. The first-order valence-electron chi connectivity index (χ1n) is 7.90. The zero-order chi connectivity index (χ0) is 14.4. The van der Waals surface area contributed by atoms with Gasteiger partial charge in [-0.2, -0.15) is 0 Å². The molecule has 0 radical (unpaired) electrons. The van der Waals surface area contributed by atoms with Crippen LogP contribution in [0.1, 0.15) is 64.2 Å². The number of urea groups is 1. The lowest BCUT2D eigenvalue weighted by atomic mass is 9.69. The Morgan fingerprint density at radius 3 is 2.10 bits per heavy atom. The molecule has 0 aliphatic heterocycles. The van der Waals surface area contributed by atoms with Crippen molar-refractivity contribution in [1.82, 2.24) is 10.6 Å². The van der Waals surface area contributed by atoms with Crippen LogP contribution < -0.4 is 10.6 Å². The highest BCUT2D eigenvalue weighted by Crippen LogP contribution is 2.40. The first-order valence-corrected chi connectivity index (χ1v) is 7.90. The summed E-state index contributed by atoms with van der Waals surface area (Å²) in [6.07, 6.45) is 10.5. The topological polar surface area (TPSA) is 78.4 Å². The van der Waals surface area contributed by atoms with E-state index in [-0.39, 0.29) is 18.6 Å². The van der Waals surface area contributed by atoms with E-state index < -0.39 is 11.4 Å². The second kappa shape index (κ2) is 6.95. The van der Waals surface area contributed by atoms with Gasteiger partial charge in [0.05, 0.1) is 5.41 Å². The van der Waals surface area contributed by atoms with Gasteiger partial charge in [-0.1, -0.05) is 38.5 Å². The Bertz CT molecular complexity index is 345. The number of hydrogen-bond acceptors (Lipinski definition) is 2. The molecule has 5 nitrogen and oxygen atoms in total. The summed E-state index contributed by atoms with van der Waals surface area (Å²) in [5.74, 6) is -0.782. The molecule has 20 heavy (non-hydrogen) atoms. The van der Waals surface area contributed by atoms with E-state index in [9.17, 15) is 14.7 Å². The number of hydrogen-bond donors (Lipinski definition) is 3. The lowest BCUT2D eigenvalue weighted by molar-refractivity contribution is -0.153. The van der Waals surface area contributed by atoms with Crippen LogP contribution in [0.3, 0.4) is 0 Å². The predicted molar refractivity (Wildman–Crippen MR) is 76.6 cm³/mol. The molecule has 2 amide bonds. The van der Waals surface area contributed by atoms with E-state index in [0.717, 1.165) is 19.3 Å². The molecule has 2 aliphatic rings. The van der Waals surface area contributed by atoms with Crippen LogP contribution in [0, 0.1) is 5.41 Å². The molecule has 3 N–H and O–H groups in total. The fourth-order valence-corrected chi connectivity index (χ4v) is 3.16. The first-order chi connectivity index (χ1) is 9.62. The van der Waals surface area contributed by atoms with Crippen LogP contribution in [0.15, 0.2) is 0 Å². The van der Waals surface area contributed by atoms with Gasteiger partial charge in [-0.3, -0.25) is 4.79 Å². The van der Waals surface area contributed by atoms with Gasteiger partial charge < -0.3 is 15.7 Å². The third-order valence-corrected chi connectivity index (χ3v) is 4.79. The largest absolute Gasteiger partial charge is 0.481 e. The highest BCUT2D eigenvalue weighted by atomic mass is 16.4. The second-order valence-corrected chi connectivity index (χ2v) is 6.31. The standard InChI is InChI=1S/C15H26N2O3/c18-13(19)15(9-6-10-15)11-16-14(20)17-12-7-4-2-1-3-5-8-12/h12H,1-11H2,(H,18,19)(H2,16,17,20). The summed E-state index contributed by atoms with van der Waals surface area (Å²) in [5, 5.41) is 15.0. The zero-order valence-electron chi connectivity index (χ0n) is 12.1. The minimum Gasteiger partial charge on any atom is -0.481 e. The maximum absolute atomic E-state index is 11.9. The van der Waals surface area contributed by atoms with Gasteiger partial charge in [0.25, 0.3) is 0 Å². The average molecular weight is 282 g/mol. The van der Waals surface area contributed by atoms with Gasteiger partial charge in [0.1, 0.15) is 0 Å². The Morgan fingerprint density at radius 1 is 1.00 bits per heavy atom. The number of carbonyl (C=O) groups is 2. The van der Waals surface area contributed by atoms with Crippen LogP contribution in [-0.4, -0.2) is 29.7 Å². The van der Waals surface area contributed by atoms with E-state index in [2.05, 4.69) is 10.6 Å². The van der Waals surface area contributed by atoms with Crippen molar-refractivity contribution < 1.29 is 14.7 Å². The number of carboxylic acid groups (broad SMARTS) is 1. The highest BCUT2D eigenvalue weighted by Gasteiger charge is 2.44. The summed E-state index contributed by atoms with van der Waals surface area (Å²) in [5.41, 5.74) is -0.710. The maximum Gasteiger partial charge on any atom is 0.315 e. The van der Waals surface area contributed by atoms with Gasteiger partial charge in [-0.05, 0) is 25.7 Å². The van der Waals surface area contributed by atoms with E-state index in [4.69, 9.17) is 0 Å². The van der Waals surface area contributed by atoms with Gasteiger partial charge in [0.15, 0.2) is 0 Å². The lowest BCUT2D eigenvalue weighted by Gasteiger charge is -2.37. The van der Waals surface area contributed by atoms with E-state index in [1.165, 1.54) is 32.1 Å². The lowest BCUT2D eigenvalue weighted by Crippen LogP contribution is -2.51. The number of aliphatic carboxylic acids is 1. The first kappa shape index (κ1) is 15.1. The molecule has 0 aromatic rings. The zero-order valence-corrected chi connectivity index (χ0v) is 12.1. The summed E-state index contributed by atoms with van der Waals surface area (Å²) in [6, 6.07) is 0.0422. The summed E-state index contributed by atoms with van der Waals surface area (Å²) >= 11 is 0. The average Bonchev–Trinajstić information content (AvgIpc) is 2.30. The molecule has 2 aliphatic carbocycles. The summed E-state index contributed by atoms with van der Waals surface area (Å²) < 4.78 is 0. The van der Waals surface area contributed by atoms with Crippen molar-refractivity contribution in [3.05, 3.63) is 0 Å². The van der Waals surface area contributed by atoms with E-state index in [1.54, 1.807) is 0 Å². The number of carbonyl (C=O) groups excluding carboxylic acids is 1. The molecule has 0 atom stereocenters. The van der Waals surface area contributed by atoms with Crippen LogP contribution in [0.25, 0.3) is 0 Å². The second-order valence-electron chi connectivity index (χ2n) is 6.31. The van der Waals surface area contributed by atoms with Crippen LogP contribution in [0.4, 0.5) is 4.79 Å². The molecule has 0 heterocycles. The van der Waals surface area contributed by atoms with Crippen molar-refractivity contribution >= 4 is 12.0 Å². The molecule has 0 unspecified atom stereocenters. The van der Waals surface area contributed by atoms with Crippen molar-refractivity contribution in [2.24, 2.45) is 5.41 Å². The Labute approximate surface area is 120 Å². The number of rotatable bonds is 4. The normalized spacial score (nSPS) is 23.0. The Morgan fingerprint density at radius 2 is 1.60 bits per heavy atom. The summed E-state index contributed by atoms with van der Waals surface area (Å²) in [6.45, 7) is 0.251. The monoisotopic (exact) mass is 282 g/mol. The van der Waals surface area contributed by atoms with E-state index in [0.29, 0.717) is 12.8 Å². The molecule has 0 aromatic carbocycles. The molecular formula is C15H26N2O3. The maximum atomic E-state index is 11.9. The Balaban J connectivity index is 1.72. The highest BCUT2D eigenvalue weighted by molar-refractivity contribution is 5.78. The molecule has 0 bridgehead atoms. The molecule has 114 valence electrons. The van der Waals surface area contributed by atoms with Crippen molar-refractivity contribution in [2.75, 3.05) is 6.54 Å². The van der Waals surface area contributed by atoms with Crippen molar-refractivity contribution in [2.45, 2.75) is 70.3 Å². The van der Waals surface area contributed by atoms with Crippen LogP contribution in [-0.2, 0) is 4.79 Å². The fraction of sp³-hybridized carbons (Fsp3) is 0.867. The molecule has 2 fully saturated rings. The molecule has 2 rings (SSSR count). The Kier molecular flexibility index (Phi) is 5.26. The summed E-state index contributed by atoms with van der Waals surface area (Å²) in [7, 11) is 0. The van der Waals surface area contributed by atoms with Gasteiger partial charge in [0.2, 0.25) is 0 Å². The third-order valence-electron chi connectivity index (χ3n) is 4.79. The minimum atomic E-state index is -0.782. The van der Waals surface area contributed by atoms with Crippen molar-refractivity contribution in [3.8, 4) is 0 Å².